The minimum atomic E-state index is -0.322. The number of carbonyl (C=O) groups excluding carboxylic acids is 1. The third kappa shape index (κ3) is 3.75. The van der Waals surface area contributed by atoms with Crippen LogP contribution in [-0.4, -0.2) is 25.8 Å². The minimum Gasteiger partial charge on any atom is -0.334 e. The molecular formula is C17H18N6O. The predicted molar refractivity (Wildman–Crippen MR) is 90.9 cm³/mol. The molecule has 3 aromatic rings. The molecule has 0 bridgehead atoms. The third-order valence-electron chi connectivity index (χ3n) is 3.42. The van der Waals surface area contributed by atoms with Gasteiger partial charge in [-0.3, -0.25) is 5.32 Å². The summed E-state index contributed by atoms with van der Waals surface area (Å²) in [5, 5.41) is 9.87. The lowest BCUT2D eigenvalue weighted by Crippen LogP contribution is -2.28. The van der Waals surface area contributed by atoms with E-state index in [-0.39, 0.29) is 6.03 Å². The minimum absolute atomic E-state index is 0.322. The molecule has 0 saturated heterocycles. The summed E-state index contributed by atoms with van der Waals surface area (Å²) in [7, 11) is 0. The SMILES string of the molecule is Cc1cc(C)n(-c2cc(NC(=O)NCc3ccccc3)ncn2)n1. The number of aryl methyl sites for hydroxylation is 2. The average Bonchev–Trinajstić information content (AvgIpc) is 2.93. The Balaban J connectivity index is 1.66. The number of aromatic nitrogens is 4. The van der Waals surface area contributed by atoms with E-state index in [1.165, 1.54) is 6.33 Å². The van der Waals surface area contributed by atoms with E-state index >= 15 is 0 Å². The van der Waals surface area contributed by atoms with Crippen molar-refractivity contribution in [3.05, 3.63) is 65.7 Å². The first-order valence-electron chi connectivity index (χ1n) is 7.56. The molecule has 2 aromatic heterocycles. The van der Waals surface area contributed by atoms with Crippen LogP contribution in [0.1, 0.15) is 17.0 Å². The molecule has 122 valence electrons. The fraction of sp³-hybridized carbons (Fsp3) is 0.176. The van der Waals surface area contributed by atoms with Crippen LogP contribution in [0, 0.1) is 13.8 Å². The number of hydrogen-bond donors (Lipinski definition) is 2. The number of nitrogens with zero attached hydrogens (tertiary/aromatic N) is 4. The van der Waals surface area contributed by atoms with E-state index in [2.05, 4.69) is 25.7 Å². The number of amides is 2. The highest BCUT2D eigenvalue weighted by Crippen LogP contribution is 2.12. The van der Waals surface area contributed by atoms with Gasteiger partial charge in [-0.05, 0) is 25.5 Å². The van der Waals surface area contributed by atoms with E-state index in [1.54, 1.807) is 10.7 Å². The number of carbonyl (C=O) groups is 1. The Bertz CT molecular complexity index is 843. The van der Waals surface area contributed by atoms with Crippen LogP contribution in [0.3, 0.4) is 0 Å². The van der Waals surface area contributed by atoms with E-state index in [1.807, 2.05) is 50.2 Å². The summed E-state index contributed by atoms with van der Waals surface area (Å²) >= 11 is 0. The zero-order valence-corrected chi connectivity index (χ0v) is 13.5. The van der Waals surface area contributed by atoms with Crippen molar-refractivity contribution in [3.8, 4) is 5.82 Å². The molecular weight excluding hydrogens is 304 g/mol. The maximum absolute atomic E-state index is 12.0. The molecule has 0 atom stereocenters. The molecule has 3 rings (SSSR count). The average molecular weight is 322 g/mol. The number of nitrogens with one attached hydrogen (secondary N) is 2. The van der Waals surface area contributed by atoms with Gasteiger partial charge in [0, 0.05) is 18.3 Å². The van der Waals surface area contributed by atoms with Crippen LogP contribution < -0.4 is 10.6 Å². The second-order valence-corrected chi connectivity index (χ2v) is 5.39. The van der Waals surface area contributed by atoms with Gasteiger partial charge in [-0.15, -0.1) is 0 Å². The molecule has 0 spiro atoms. The highest BCUT2D eigenvalue weighted by Gasteiger charge is 2.08. The Labute approximate surface area is 139 Å². The van der Waals surface area contributed by atoms with Crippen molar-refractivity contribution in [2.75, 3.05) is 5.32 Å². The van der Waals surface area contributed by atoms with Gasteiger partial charge in [0.15, 0.2) is 5.82 Å². The zero-order valence-electron chi connectivity index (χ0n) is 13.5. The summed E-state index contributed by atoms with van der Waals surface area (Å²) in [6.45, 7) is 4.31. The highest BCUT2D eigenvalue weighted by molar-refractivity contribution is 5.88. The fourth-order valence-electron chi connectivity index (χ4n) is 2.33. The third-order valence-corrected chi connectivity index (χ3v) is 3.42. The molecule has 24 heavy (non-hydrogen) atoms. The lowest BCUT2D eigenvalue weighted by atomic mass is 10.2. The summed E-state index contributed by atoms with van der Waals surface area (Å²) < 4.78 is 1.71. The van der Waals surface area contributed by atoms with E-state index in [0.29, 0.717) is 18.2 Å². The highest BCUT2D eigenvalue weighted by atomic mass is 16.2. The van der Waals surface area contributed by atoms with Gasteiger partial charge in [0.2, 0.25) is 0 Å². The maximum atomic E-state index is 12.0. The molecule has 0 aliphatic rings. The van der Waals surface area contributed by atoms with Crippen LogP contribution in [0.5, 0.6) is 0 Å². The number of hydrogen-bond acceptors (Lipinski definition) is 4. The number of anilines is 1. The second kappa shape index (κ2) is 6.91. The van der Waals surface area contributed by atoms with Gasteiger partial charge >= 0.3 is 6.03 Å². The Morgan fingerprint density at radius 2 is 1.92 bits per heavy atom. The van der Waals surface area contributed by atoms with Gasteiger partial charge in [0.25, 0.3) is 0 Å². The van der Waals surface area contributed by atoms with Crippen LogP contribution >= 0.6 is 0 Å². The van der Waals surface area contributed by atoms with Crippen molar-refractivity contribution < 1.29 is 4.79 Å². The molecule has 0 fully saturated rings. The monoisotopic (exact) mass is 322 g/mol. The zero-order chi connectivity index (χ0) is 16.9. The Kier molecular flexibility index (Phi) is 4.51. The topological polar surface area (TPSA) is 84.7 Å². The Hall–Kier alpha value is -3.22. The number of urea groups is 1. The van der Waals surface area contributed by atoms with Crippen LogP contribution in [0.4, 0.5) is 10.6 Å². The number of benzene rings is 1. The van der Waals surface area contributed by atoms with Crippen molar-refractivity contribution in [2.45, 2.75) is 20.4 Å². The van der Waals surface area contributed by atoms with E-state index in [4.69, 9.17) is 0 Å². The largest absolute Gasteiger partial charge is 0.334 e. The molecule has 0 saturated carbocycles. The Morgan fingerprint density at radius 1 is 1.12 bits per heavy atom. The van der Waals surface area contributed by atoms with Gasteiger partial charge < -0.3 is 5.32 Å². The van der Waals surface area contributed by atoms with Crippen LogP contribution in [0.25, 0.3) is 5.82 Å². The van der Waals surface area contributed by atoms with Crippen LogP contribution in [-0.2, 0) is 6.54 Å². The van der Waals surface area contributed by atoms with Crippen molar-refractivity contribution in [2.24, 2.45) is 0 Å². The maximum Gasteiger partial charge on any atom is 0.320 e. The molecule has 1 aromatic carbocycles. The molecule has 0 aliphatic heterocycles. The van der Waals surface area contributed by atoms with Gasteiger partial charge in [0.05, 0.1) is 5.69 Å². The standard InChI is InChI=1S/C17H18N6O/c1-12-8-13(2)23(22-12)16-9-15(19-11-20-16)21-17(24)18-10-14-6-4-3-5-7-14/h3-9,11H,10H2,1-2H3,(H2,18,19,20,21,24). The molecule has 2 amide bonds. The van der Waals surface area contributed by atoms with Crippen molar-refractivity contribution in [1.82, 2.24) is 25.1 Å². The number of rotatable bonds is 4. The first-order chi connectivity index (χ1) is 11.6. The quantitative estimate of drug-likeness (QED) is 0.773. The fourth-order valence-corrected chi connectivity index (χ4v) is 2.33. The summed E-state index contributed by atoms with van der Waals surface area (Å²) in [6, 6.07) is 13.0. The van der Waals surface area contributed by atoms with Crippen molar-refractivity contribution in [1.29, 1.82) is 0 Å². The molecule has 0 radical (unpaired) electrons. The van der Waals surface area contributed by atoms with Crippen LogP contribution in [0.15, 0.2) is 48.8 Å². The molecule has 0 aliphatic carbocycles. The molecule has 2 N–H and O–H groups in total. The predicted octanol–water partition coefficient (Wildman–Crippen LogP) is 2.60. The summed E-state index contributed by atoms with van der Waals surface area (Å²) in [4.78, 5) is 20.3. The summed E-state index contributed by atoms with van der Waals surface area (Å²) in [5.74, 6) is 1.02. The van der Waals surface area contributed by atoms with E-state index in [0.717, 1.165) is 17.0 Å². The first kappa shape index (κ1) is 15.7. The lowest BCUT2D eigenvalue weighted by molar-refractivity contribution is 0.251. The van der Waals surface area contributed by atoms with Crippen molar-refractivity contribution in [3.63, 3.8) is 0 Å². The molecule has 2 heterocycles. The summed E-state index contributed by atoms with van der Waals surface area (Å²) in [5.41, 5.74) is 2.89. The molecule has 7 heteroatoms. The molecule has 0 unspecified atom stereocenters. The van der Waals surface area contributed by atoms with E-state index in [9.17, 15) is 4.79 Å². The summed E-state index contributed by atoms with van der Waals surface area (Å²) in [6.07, 6.45) is 1.40. The van der Waals surface area contributed by atoms with Gasteiger partial charge in [-0.25, -0.2) is 19.4 Å². The lowest BCUT2D eigenvalue weighted by Gasteiger charge is -2.08. The second-order valence-electron chi connectivity index (χ2n) is 5.39. The smallest absolute Gasteiger partial charge is 0.320 e. The van der Waals surface area contributed by atoms with Gasteiger partial charge in [0.1, 0.15) is 12.1 Å². The van der Waals surface area contributed by atoms with Crippen LogP contribution in [0.2, 0.25) is 0 Å². The normalized spacial score (nSPS) is 10.4. The van der Waals surface area contributed by atoms with Gasteiger partial charge in [-0.2, -0.15) is 5.10 Å². The first-order valence-corrected chi connectivity index (χ1v) is 7.56. The van der Waals surface area contributed by atoms with Gasteiger partial charge in [-0.1, -0.05) is 30.3 Å². The van der Waals surface area contributed by atoms with E-state index < -0.39 is 0 Å². The van der Waals surface area contributed by atoms with Crippen molar-refractivity contribution >= 4 is 11.8 Å². The Morgan fingerprint density at radius 3 is 2.62 bits per heavy atom. The molecule has 7 nitrogen and oxygen atoms in total.